The highest BCUT2D eigenvalue weighted by Gasteiger charge is 2.58. The van der Waals surface area contributed by atoms with E-state index < -0.39 is 16.1 Å². The molecule has 21 heavy (non-hydrogen) atoms. The van der Waals surface area contributed by atoms with Crippen molar-refractivity contribution in [2.45, 2.75) is 116 Å². The number of hydrogen-bond donors (Lipinski definition) is 0. The van der Waals surface area contributed by atoms with Crippen LogP contribution in [0.3, 0.4) is 0 Å². The lowest BCUT2D eigenvalue weighted by atomic mass is 10.2. The van der Waals surface area contributed by atoms with E-state index >= 15 is 0 Å². The van der Waals surface area contributed by atoms with E-state index in [-0.39, 0.29) is 0 Å². The molecular formula is C19H43Si2. The van der Waals surface area contributed by atoms with Gasteiger partial charge in [0.2, 0.25) is 0 Å². The molecule has 127 valence electrons. The first-order chi connectivity index (χ1) is 8.71. The van der Waals surface area contributed by atoms with Gasteiger partial charge in [0.05, 0.1) is 16.1 Å². The Kier molecular flexibility index (Phi) is 5.62. The molecule has 0 aromatic rings. The third-order valence-electron chi connectivity index (χ3n) is 6.81. The Morgan fingerprint density at radius 3 is 0.667 bits per heavy atom. The third-order valence-corrected chi connectivity index (χ3v) is 23.9. The first-order valence-corrected chi connectivity index (χ1v) is 13.7. The van der Waals surface area contributed by atoms with Gasteiger partial charge in [-0.3, -0.25) is 0 Å². The van der Waals surface area contributed by atoms with Gasteiger partial charge in [-0.25, -0.2) is 0 Å². The molecule has 0 N–H and O–H groups in total. The fourth-order valence-corrected chi connectivity index (χ4v) is 19.7. The topological polar surface area (TPSA) is 0 Å². The zero-order chi connectivity index (χ0) is 17.7. The van der Waals surface area contributed by atoms with Gasteiger partial charge in [0, 0.05) is 0 Å². The van der Waals surface area contributed by atoms with Crippen molar-refractivity contribution in [2.24, 2.45) is 0 Å². The molecule has 0 fully saturated rings. The van der Waals surface area contributed by atoms with Crippen LogP contribution in [0.5, 0.6) is 0 Å². The van der Waals surface area contributed by atoms with Crippen molar-refractivity contribution in [2.75, 3.05) is 0 Å². The highest BCUT2D eigenvalue weighted by Crippen LogP contribution is 2.60. The highest BCUT2D eigenvalue weighted by atomic mass is 28.4. The van der Waals surface area contributed by atoms with E-state index in [1.807, 2.05) is 0 Å². The van der Waals surface area contributed by atoms with E-state index in [4.69, 9.17) is 0 Å². The lowest BCUT2D eigenvalue weighted by Gasteiger charge is -2.59. The van der Waals surface area contributed by atoms with Crippen molar-refractivity contribution in [3.8, 4) is 0 Å². The number of hydrogen-bond acceptors (Lipinski definition) is 0. The number of rotatable bonds is 2. The maximum atomic E-state index is 2.99. The Bertz CT molecular complexity index is 289. The largest absolute Gasteiger partial charge is 0.0684 e. The van der Waals surface area contributed by atoms with Crippen LogP contribution >= 0.6 is 0 Å². The summed E-state index contributed by atoms with van der Waals surface area (Å²) < 4.78 is 0. The van der Waals surface area contributed by atoms with E-state index in [2.05, 4.69) is 102 Å². The smallest absolute Gasteiger partial charge is 0.0615 e. The molecule has 0 aromatic heterocycles. The monoisotopic (exact) mass is 327 g/mol. The van der Waals surface area contributed by atoms with Crippen LogP contribution in [-0.2, 0) is 0 Å². The van der Waals surface area contributed by atoms with Crippen molar-refractivity contribution < 1.29 is 0 Å². The van der Waals surface area contributed by atoms with Crippen LogP contribution in [-0.4, -0.2) is 16.1 Å². The summed E-state index contributed by atoms with van der Waals surface area (Å²) in [5.41, 5.74) is 2.99. The fourth-order valence-electron chi connectivity index (χ4n) is 3.69. The molecule has 0 aromatic carbocycles. The van der Waals surface area contributed by atoms with Crippen LogP contribution in [0.2, 0.25) is 33.2 Å². The van der Waals surface area contributed by atoms with Crippen LogP contribution in [0.25, 0.3) is 0 Å². The van der Waals surface area contributed by atoms with Gasteiger partial charge in [-0.2, -0.15) is 0 Å². The van der Waals surface area contributed by atoms with Crippen LogP contribution in [0.1, 0.15) is 83.1 Å². The second-order valence-corrected chi connectivity index (χ2v) is 23.5. The Hall–Kier alpha value is 0.434. The van der Waals surface area contributed by atoms with E-state index in [0.29, 0.717) is 20.2 Å². The molecule has 0 aliphatic rings. The average Bonchev–Trinajstić information content (AvgIpc) is 2.09. The normalized spacial score (nSPS) is 16.3. The van der Waals surface area contributed by atoms with Crippen LogP contribution in [0.4, 0.5) is 0 Å². The molecule has 0 rings (SSSR count). The second-order valence-electron chi connectivity index (χ2n) is 11.5. The Morgan fingerprint density at radius 1 is 0.429 bits per heavy atom. The van der Waals surface area contributed by atoms with Crippen LogP contribution in [0, 0.1) is 5.67 Å². The van der Waals surface area contributed by atoms with Crippen molar-refractivity contribution >= 4 is 16.1 Å². The Balaban J connectivity index is 6.15. The predicted molar refractivity (Wildman–Crippen MR) is 106 cm³/mol. The van der Waals surface area contributed by atoms with Gasteiger partial charge < -0.3 is 0 Å². The van der Waals surface area contributed by atoms with Gasteiger partial charge in [0.25, 0.3) is 0 Å². The van der Waals surface area contributed by atoms with Gasteiger partial charge in [-0.05, 0) is 25.8 Å². The van der Waals surface area contributed by atoms with Crippen molar-refractivity contribution in [1.82, 2.24) is 0 Å². The predicted octanol–water partition coefficient (Wildman–Crippen LogP) is 7.63. The summed E-state index contributed by atoms with van der Waals surface area (Å²) >= 11 is 0. The molecule has 0 atom stereocenters. The molecule has 0 heterocycles. The molecule has 0 amide bonds. The SMILES string of the molecule is CC(C)(C)[Si](C)([CH][Si](C)(C(C)(C)C)C(C)(C)C)C(C)(C)C. The maximum absolute atomic E-state index is 2.99. The minimum absolute atomic E-state index is 0.399. The summed E-state index contributed by atoms with van der Waals surface area (Å²) in [4.78, 5) is 0. The summed E-state index contributed by atoms with van der Waals surface area (Å²) in [6, 6.07) is 0. The molecular weight excluding hydrogens is 284 g/mol. The minimum atomic E-state index is -1.57. The molecule has 0 bridgehead atoms. The third kappa shape index (κ3) is 3.86. The van der Waals surface area contributed by atoms with Crippen molar-refractivity contribution in [1.29, 1.82) is 0 Å². The second kappa shape index (κ2) is 5.51. The van der Waals surface area contributed by atoms with E-state index in [0.717, 1.165) is 0 Å². The lowest BCUT2D eigenvalue weighted by Crippen LogP contribution is -2.62. The van der Waals surface area contributed by atoms with Gasteiger partial charge in [-0.15, -0.1) is 0 Å². The zero-order valence-corrected chi connectivity index (χ0v) is 19.6. The summed E-state index contributed by atoms with van der Waals surface area (Å²) in [6.45, 7) is 34.9. The van der Waals surface area contributed by atoms with E-state index in [9.17, 15) is 0 Å². The molecule has 1 radical (unpaired) electrons. The molecule has 2 heteroatoms. The van der Waals surface area contributed by atoms with Gasteiger partial charge >= 0.3 is 0 Å². The molecule has 0 aliphatic carbocycles. The van der Waals surface area contributed by atoms with E-state index in [1.54, 1.807) is 0 Å². The Morgan fingerprint density at radius 2 is 0.571 bits per heavy atom. The quantitative estimate of drug-likeness (QED) is 0.457. The molecule has 0 saturated heterocycles. The van der Waals surface area contributed by atoms with Crippen molar-refractivity contribution in [3.05, 3.63) is 5.67 Å². The first kappa shape index (κ1) is 21.4. The summed E-state index contributed by atoms with van der Waals surface area (Å²) in [6.07, 6.45) is 0. The fraction of sp³-hybridized carbons (Fsp3) is 0.947. The molecule has 0 saturated carbocycles. The Labute approximate surface area is 138 Å². The molecule has 0 unspecified atom stereocenters. The first-order valence-electron chi connectivity index (χ1n) is 8.58. The van der Waals surface area contributed by atoms with Gasteiger partial charge in [0.15, 0.2) is 0 Å². The molecule has 0 nitrogen and oxygen atoms in total. The average molecular weight is 328 g/mol. The molecule has 0 spiro atoms. The highest BCUT2D eigenvalue weighted by molar-refractivity contribution is 7.06. The maximum Gasteiger partial charge on any atom is 0.0615 e. The van der Waals surface area contributed by atoms with E-state index in [1.165, 1.54) is 0 Å². The van der Waals surface area contributed by atoms with Crippen molar-refractivity contribution in [3.63, 3.8) is 0 Å². The lowest BCUT2D eigenvalue weighted by molar-refractivity contribution is 0.605. The molecule has 0 aliphatic heterocycles. The standard InChI is InChI=1S/C19H43Si2/c1-16(2,3)20(13,17(4,5)6)15-21(14,18(7,8)9)19(10,11)12/h15H,1-14H3. The van der Waals surface area contributed by atoms with Crippen LogP contribution in [0.15, 0.2) is 0 Å². The summed E-state index contributed by atoms with van der Waals surface area (Å²) in [5, 5.41) is 1.60. The zero-order valence-electron chi connectivity index (χ0n) is 17.6. The summed E-state index contributed by atoms with van der Waals surface area (Å²) in [5.74, 6) is 0. The van der Waals surface area contributed by atoms with Crippen LogP contribution < -0.4 is 0 Å². The minimum Gasteiger partial charge on any atom is -0.0684 e. The van der Waals surface area contributed by atoms with Gasteiger partial charge in [-0.1, -0.05) is 96.2 Å². The van der Waals surface area contributed by atoms with Gasteiger partial charge in [0.1, 0.15) is 0 Å². The summed E-state index contributed by atoms with van der Waals surface area (Å²) in [7, 11) is -3.14.